The molecule has 2 aromatic rings. The lowest BCUT2D eigenvalue weighted by Gasteiger charge is -2.14. The molecule has 1 N–H and O–H groups in total. The molecule has 0 radical (unpaired) electrons. The van der Waals surface area contributed by atoms with Crippen molar-refractivity contribution in [2.75, 3.05) is 5.32 Å². The molecule has 5 heteroatoms. The van der Waals surface area contributed by atoms with Crippen molar-refractivity contribution >= 4 is 39.6 Å². The highest BCUT2D eigenvalue weighted by Crippen LogP contribution is 2.17. The highest BCUT2D eigenvalue weighted by molar-refractivity contribution is 9.10. The Kier molecular flexibility index (Phi) is 6.53. The number of anilines is 1. The van der Waals surface area contributed by atoms with Gasteiger partial charge in [0.1, 0.15) is 0 Å². The minimum atomic E-state index is -0.887. The van der Waals surface area contributed by atoms with E-state index in [9.17, 15) is 9.59 Å². The molecule has 25 heavy (non-hydrogen) atoms. The number of carbonyl (C=O) groups excluding carboxylic acids is 2. The van der Waals surface area contributed by atoms with Gasteiger partial charge in [-0.2, -0.15) is 0 Å². The fourth-order valence-electron chi connectivity index (χ4n) is 2.11. The van der Waals surface area contributed by atoms with E-state index in [0.29, 0.717) is 0 Å². The first kappa shape index (κ1) is 18.9. The molecular formula is C20H20BrNO3. The average Bonchev–Trinajstić information content (AvgIpc) is 2.57. The van der Waals surface area contributed by atoms with Crippen LogP contribution in [0.15, 0.2) is 53.0 Å². The molecule has 0 heterocycles. The number of esters is 1. The zero-order valence-electron chi connectivity index (χ0n) is 14.4. The van der Waals surface area contributed by atoms with E-state index in [2.05, 4.69) is 21.2 Å². The molecule has 4 nitrogen and oxygen atoms in total. The van der Waals surface area contributed by atoms with Crippen LogP contribution in [0.1, 0.15) is 23.6 Å². The van der Waals surface area contributed by atoms with Crippen LogP contribution in [-0.4, -0.2) is 18.0 Å². The first-order chi connectivity index (χ1) is 11.8. The van der Waals surface area contributed by atoms with E-state index >= 15 is 0 Å². The van der Waals surface area contributed by atoms with Crippen LogP contribution in [0, 0.1) is 13.8 Å². The van der Waals surface area contributed by atoms with Crippen molar-refractivity contribution in [1.29, 1.82) is 0 Å². The molecule has 2 aromatic carbocycles. The number of ether oxygens (including phenoxy) is 1. The van der Waals surface area contributed by atoms with Gasteiger partial charge < -0.3 is 10.1 Å². The Hall–Kier alpha value is -2.40. The van der Waals surface area contributed by atoms with E-state index in [1.807, 2.05) is 56.3 Å². The number of rotatable bonds is 5. The van der Waals surface area contributed by atoms with Crippen LogP contribution in [0.4, 0.5) is 5.69 Å². The van der Waals surface area contributed by atoms with Gasteiger partial charge in [-0.1, -0.05) is 40.2 Å². The molecule has 130 valence electrons. The summed E-state index contributed by atoms with van der Waals surface area (Å²) in [7, 11) is 0. The number of aryl methyl sites for hydroxylation is 2. The van der Waals surface area contributed by atoms with Gasteiger partial charge in [0, 0.05) is 16.2 Å². The van der Waals surface area contributed by atoms with Crippen molar-refractivity contribution in [1.82, 2.24) is 0 Å². The first-order valence-corrected chi connectivity index (χ1v) is 8.67. The van der Waals surface area contributed by atoms with Gasteiger partial charge in [0.05, 0.1) is 0 Å². The molecule has 0 bridgehead atoms. The third kappa shape index (κ3) is 5.87. The average molecular weight is 402 g/mol. The number of benzene rings is 2. The molecule has 1 unspecified atom stereocenters. The summed E-state index contributed by atoms with van der Waals surface area (Å²) in [5, 5.41) is 2.79. The quantitative estimate of drug-likeness (QED) is 0.585. The number of halogens is 1. The van der Waals surface area contributed by atoms with Gasteiger partial charge in [0.2, 0.25) is 0 Å². The molecule has 2 rings (SSSR count). The fraction of sp³-hybridized carbons (Fsp3) is 0.200. The monoisotopic (exact) mass is 401 g/mol. The summed E-state index contributed by atoms with van der Waals surface area (Å²) < 4.78 is 6.11. The lowest BCUT2D eigenvalue weighted by atomic mass is 10.1. The topological polar surface area (TPSA) is 55.4 Å². The number of carbonyl (C=O) groups is 2. The molecule has 1 amide bonds. The second kappa shape index (κ2) is 8.62. The molecule has 0 saturated carbocycles. The Labute approximate surface area is 156 Å². The van der Waals surface area contributed by atoms with Crippen LogP contribution in [0.25, 0.3) is 6.08 Å². The molecule has 0 fully saturated rings. The van der Waals surface area contributed by atoms with Crippen LogP contribution in [0.2, 0.25) is 0 Å². The second-order valence-electron chi connectivity index (χ2n) is 5.77. The normalized spacial score (nSPS) is 12.0. The Morgan fingerprint density at radius 2 is 1.80 bits per heavy atom. The van der Waals surface area contributed by atoms with Crippen molar-refractivity contribution in [3.63, 3.8) is 0 Å². The summed E-state index contributed by atoms with van der Waals surface area (Å²) >= 11 is 3.35. The lowest BCUT2D eigenvalue weighted by molar-refractivity contribution is -0.148. The van der Waals surface area contributed by atoms with Crippen LogP contribution >= 0.6 is 15.9 Å². The number of nitrogens with one attached hydrogen (secondary N) is 1. The highest BCUT2D eigenvalue weighted by Gasteiger charge is 2.17. The second-order valence-corrected chi connectivity index (χ2v) is 6.69. The molecule has 0 aliphatic heterocycles. The van der Waals surface area contributed by atoms with Gasteiger partial charge in [0.15, 0.2) is 6.10 Å². The van der Waals surface area contributed by atoms with Gasteiger partial charge in [-0.25, -0.2) is 4.79 Å². The van der Waals surface area contributed by atoms with Gasteiger partial charge in [-0.15, -0.1) is 0 Å². The van der Waals surface area contributed by atoms with Crippen molar-refractivity contribution < 1.29 is 14.3 Å². The molecule has 0 saturated heterocycles. The maximum atomic E-state index is 12.2. The summed E-state index contributed by atoms with van der Waals surface area (Å²) in [6.45, 7) is 5.41. The van der Waals surface area contributed by atoms with E-state index in [0.717, 1.165) is 26.9 Å². The summed E-state index contributed by atoms with van der Waals surface area (Å²) in [4.78, 5) is 24.1. The fourth-order valence-corrected chi connectivity index (χ4v) is 2.37. The zero-order valence-corrected chi connectivity index (χ0v) is 16.0. The number of hydrogen-bond acceptors (Lipinski definition) is 3. The van der Waals surface area contributed by atoms with E-state index in [-0.39, 0.29) is 5.91 Å². The van der Waals surface area contributed by atoms with Crippen molar-refractivity contribution in [3.05, 3.63) is 69.7 Å². The smallest absolute Gasteiger partial charge is 0.331 e. The standard InChI is InChI=1S/C20H20BrNO3/c1-13-4-5-14(2)18(12-13)22-20(24)15(3)25-19(23)11-8-16-6-9-17(21)10-7-16/h4-12,15H,1-3H3,(H,22,24)/b11-8+. The summed E-state index contributed by atoms with van der Waals surface area (Å²) in [5.41, 5.74) is 3.58. The zero-order chi connectivity index (χ0) is 18.4. The molecule has 0 spiro atoms. The SMILES string of the molecule is Cc1ccc(C)c(NC(=O)C(C)OC(=O)/C=C/c2ccc(Br)cc2)c1. The number of amides is 1. The van der Waals surface area contributed by atoms with Crippen molar-refractivity contribution in [2.24, 2.45) is 0 Å². The summed E-state index contributed by atoms with van der Waals surface area (Å²) in [5.74, 6) is -0.925. The van der Waals surface area contributed by atoms with Crippen molar-refractivity contribution in [2.45, 2.75) is 26.9 Å². The van der Waals surface area contributed by atoms with Crippen molar-refractivity contribution in [3.8, 4) is 0 Å². The van der Waals surface area contributed by atoms with Crippen LogP contribution in [0.5, 0.6) is 0 Å². The third-order valence-electron chi connectivity index (χ3n) is 3.59. The molecule has 0 aliphatic rings. The predicted octanol–water partition coefficient (Wildman–Crippen LogP) is 4.65. The summed E-state index contributed by atoms with van der Waals surface area (Å²) in [6.07, 6.45) is 2.07. The Bertz CT molecular complexity index is 797. The van der Waals surface area contributed by atoms with E-state index in [4.69, 9.17) is 4.74 Å². The van der Waals surface area contributed by atoms with Gasteiger partial charge >= 0.3 is 5.97 Å². The predicted molar refractivity (Wildman–Crippen MR) is 103 cm³/mol. The maximum absolute atomic E-state index is 12.2. The lowest BCUT2D eigenvalue weighted by Crippen LogP contribution is -2.29. The molecule has 0 aromatic heterocycles. The van der Waals surface area contributed by atoms with Gasteiger partial charge in [-0.3, -0.25) is 4.79 Å². The van der Waals surface area contributed by atoms with Gasteiger partial charge in [0.25, 0.3) is 5.91 Å². The largest absolute Gasteiger partial charge is 0.449 e. The first-order valence-electron chi connectivity index (χ1n) is 7.87. The summed E-state index contributed by atoms with van der Waals surface area (Å²) in [6, 6.07) is 13.3. The third-order valence-corrected chi connectivity index (χ3v) is 4.12. The highest BCUT2D eigenvalue weighted by atomic mass is 79.9. The van der Waals surface area contributed by atoms with E-state index in [1.165, 1.54) is 6.08 Å². The van der Waals surface area contributed by atoms with E-state index in [1.54, 1.807) is 13.0 Å². The van der Waals surface area contributed by atoms with Crippen LogP contribution in [0.3, 0.4) is 0 Å². The number of hydrogen-bond donors (Lipinski definition) is 1. The Balaban J connectivity index is 1.92. The Morgan fingerprint density at radius 1 is 1.12 bits per heavy atom. The van der Waals surface area contributed by atoms with Crippen LogP contribution < -0.4 is 5.32 Å². The minimum Gasteiger partial charge on any atom is -0.449 e. The minimum absolute atomic E-state index is 0.362. The van der Waals surface area contributed by atoms with Crippen LogP contribution in [-0.2, 0) is 14.3 Å². The molecule has 1 atom stereocenters. The molecule has 0 aliphatic carbocycles. The Morgan fingerprint density at radius 3 is 2.48 bits per heavy atom. The van der Waals surface area contributed by atoms with Gasteiger partial charge in [-0.05, 0) is 61.7 Å². The maximum Gasteiger partial charge on any atom is 0.331 e. The molecular weight excluding hydrogens is 382 g/mol. The van der Waals surface area contributed by atoms with E-state index < -0.39 is 12.1 Å².